The van der Waals surface area contributed by atoms with Crippen LogP contribution in [0.4, 0.5) is 8.78 Å². The standard InChI is InChI=1S/C24H27F2NO2/c1-29-24(28)17-11-13-27(14-12-17)23-10-7-18-15-16(5-8-19(18)23)6-9-20-21(25)3-2-4-22(20)26/h2-5,8,15,17,23H,6-7,9-14H2,1H3. The molecule has 3 nitrogen and oxygen atoms in total. The third kappa shape index (κ3) is 4.20. The van der Waals surface area contributed by atoms with Crippen LogP contribution >= 0.6 is 0 Å². The molecule has 0 aromatic heterocycles. The second kappa shape index (κ2) is 8.62. The van der Waals surface area contributed by atoms with E-state index in [1.54, 1.807) is 0 Å². The van der Waals surface area contributed by atoms with E-state index in [0.717, 1.165) is 44.3 Å². The lowest BCUT2D eigenvalue weighted by atomic mass is 9.94. The van der Waals surface area contributed by atoms with Gasteiger partial charge >= 0.3 is 5.97 Å². The van der Waals surface area contributed by atoms with Gasteiger partial charge in [0.1, 0.15) is 11.6 Å². The Labute approximate surface area is 170 Å². The molecule has 154 valence electrons. The number of carbonyl (C=O) groups is 1. The second-order valence-electron chi connectivity index (χ2n) is 8.12. The summed E-state index contributed by atoms with van der Waals surface area (Å²) in [5.74, 6) is -1.01. The lowest BCUT2D eigenvalue weighted by molar-refractivity contribution is -0.147. The molecule has 0 spiro atoms. The zero-order valence-electron chi connectivity index (χ0n) is 16.8. The van der Waals surface area contributed by atoms with E-state index < -0.39 is 11.6 Å². The Hall–Kier alpha value is -2.27. The molecule has 0 saturated carbocycles. The first-order chi connectivity index (χ1) is 14.1. The van der Waals surface area contributed by atoms with Crippen LogP contribution in [0.3, 0.4) is 0 Å². The number of esters is 1. The zero-order valence-corrected chi connectivity index (χ0v) is 16.8. The van der Waals surface area contributed by atoms with Gasteiger partial charge in [0.15, 0.2) is 0 Å². The number of rotatable bonds is 5. The third-order valence-corrected chi connectivity index (χ3v) is 6.48. The molecule has 2 aromatic carbocycles. The van der Waals surface area contributed by atoms with Crippen molar-refractivity contribution >= 4 is 5.97 Å². The van der Waals surface area contributed by atoms with Crippen LogP contribution in [0.15, 0.2) is 36.4 Å². The Kier molecular flexibility index (Phi) is 5.95. The molecule has 1 unspecified atom stereocenters. The number of fused-ring (bicyclic) bond motifs is 1. The molecule has 0 bridgehead atoms. The number of benzene rings is 2. The van der Waals surface area contributed by atoms with Crippen molar-refractivity contribution in [3.8, 4) is 0 Å². The van der Waals surface area contributed by atoms with Gasteiger partial charge in [0, 0.05) is 11.6 Å². The van der Waals surface area contributed by atoms with Crippen molar-refractivity contribution in [3.63, 3.8) is 0 Å². The van der Waals surface area contributed by atoms with E-state index >= 15 is 0 Å². The maximum Gasteiger partial charge on any atom is 0.308 e. The molecule has 1 fully saturated rings. The number of aryl methyl sites for hydroxylation is 2. The smallest absolute Gasteiger partial charge is 0.308 e. The summed E-state index contributed by atoms with van der Waals surface area (Å²) < 4.78 is 32.6. The highest BCUT2D eigenvalue weighted by molar-refractivity contribution is 5.72. The Bertz CT molecular complexity index is 870. The van der Waals surface area contributed by atoms with Crippen molar-refractivity contribution in [3.05, 3.63) is 70.3 Å². The molecule has 0 N–H and O–H groups in total. The number of likely N-dealkylation sites (tertiary alicyclic amines) is 1. The summed E-state index contributed by atoms with van der Waals surface area (Å²) in [5, 5.41) is 0. The van der Waals surface area contributed by atoms with E-state index in [1.807, 2.05) is 0 Å². The molecule has 2 aliphatic rings. The summed E-state index contributed by atoms with van der Waals surface area (Å²) in [6, 6.07) is 10.9. The number of carbonyl (C=O) groups excluding carboxylic acids is 1. The fourth-order valence-corrected chi connectivity index (χ4v) is 4.84. The minimum absolute atomic E-state index is 0.0262. The highest BCUT2D eigenvalue weighted by Gasteiger charge is 2.33. The molecule has 1 saturated heterocycles. The van der Waals surface area contributed by atoms with Crippen molar-refractivity contribution < 1.29 is 18.3 Å². The summed E-state index contributed by atoms with van der Waals surface area (Å²) in [6.07, 6.45) is 4.81. The van der Waals surface area contributed by atoms with Gasteiger partial charge in [-0.2, -0.15) is 0 Å². The van der Waals surface area contributed by atoms with E-state index in [4.69, 9.17) is 4.74 Å². The van der Waals surface area contributed by atoms with Crippen LogP contribution in [-0.2, 0) is 28.8 Å². The summed E-state index contributed by atoms with van der Waals surface area (Å²) in [6.45, 7) is 1.83. The topological polar surface area (TPSA) is 29.5 Å². The molecule has 0 radical (unpaired) electrons. The van der Waals surface area contributed by atoms with Gasteiger partial charge in [0.25, 0.3) is 0 Å². The van der Waals surface area contributed by atoms with Gasteiger partial charge in [0.05, 0.1) is 13.0 Å². The molecule has 2 aromatic rings. The fraction of sp³-hybridized carbons (Fsp3) is 0.458. The Morgan fingerprint density at radius 1 is 1.07 bits per heavy atom. The Balaban J connectivity index is 1.40. The molecule has 0 amide bonds. The lowest BCUT2D eigenvalue weighted by Gasteiger charge is -2.35. The maximum absolute atomic E-state index is 13.9. The number of hydrogen-bond acceptors (Lipinski definition) is 3. The number of methoxy groups -OCH3 is 1. The summed E-state index contributed by atoms with van der Waals surface area (Å²) >= 11 is 0. The van der Waals surface area contributed by atoms with Gasteiger partial charge in [-0.05, 0) is 80.4 Å². The number of piperidine rings is 1. The molecule has 4 rings (SSSR count). The number of ether oxygens (including phenoxy) is 1. The van der Waals surface area contributed by atoms with Crippen molar-refractivity contribution in [2.45, 2.75) is 44.6 Å². The average molecular weight is 399 g/mol. The van der Waals surface area contributed by atoms with Crippen LogP contribution in [-0.4, -0.2) is 31.1 Å². The highest BCUT2D eigenvalue weighted by atomic mass is 19.1. The van der Waals surface area contributed by atoms with E-state index in [9.17, 15) is 13.6 Å². The maximum atomic E-state index is 13.9. The number of hydrogen-bond donors (Lipinski definition) is 0. The monoisotopic (exact) mass is 399 g/mol. The van der Waals surface area contributed by atoms with Crippen LogP contribution < -0.4 is 0 Å². The SMILES string of the molecule is COC(=O)C1CCN(C2CCc3cc(CCc4c(F)cccc4F)ccc32)CC1. The van der Waals surface area contributed by atoms with Gasteiger partial charge in [-0.1, -0.05) is 24.3 Å². The summed E-state index contributed by atoms with van der Waals surface area (Å²) in [4.78, 5) is 14.2. The first-order valence-corrected chi connectivity index (χ1v) is 10.4. The zero-order chi connectivity index (χ0) is 20.4. The van der Waals surface area contributed by atoms with Crippen molar-refractivity contribution in [2.75, 3.05) is 20.2 Å². The molecule has 1 aliphatic carbocycles. The molecule has 5 heteroatoms. The van der Waals surface area contributed by atoms with Crippen LogP contribution in [0, 0.1) is 17.6 Å². The molecule has 1 atom stereocenters. The average Bonchev–Trinajstić information content (AvgIpc) is 3.16. The van der Waals surface area contributed by atoms with Crippen LogP contribution in [0.5, 0.6) is 0 Å². The van der Waals surface area contributed by atoms with Gasteiger partial charge in [-0.25, -0.2) is 8.78 Å². The van der Waals surface area contributed by atoms with Gasteiger partial charge in [-0.15, -0.1) is 0 Å². The van der Waals surface area contributed by atoms with Crippen LogP contribution in [0.2, 0.25) is 0 Å². The largest absolute Gasteiger partial charge is 0.469 e. The van der Waals surface area contributed by atoms with E-state index in [2.05, 4.69) is 23.1 Å². The van der Waals surface area contributed by atoms with Crippen LogP contribution in [0.25, 0.3) is 0 Å². The highest BCUT2D eigenvalue weighted by Crippen LogP contribution is 2.38. The number of nitrogens with zero attached hydrogens (tertiary/aromatic N) is 1. The third-order valence-electron chi connectivity index (χ3n) is 6.48. The van der Waals surface area contributed by atoms with Crippen molar-refractivity contribution in [2.24, 2.45) is 5.92 Å². The first-order valence-electron chi connectivity index (χ1n) is 10.4. The second-order valence-corrected chi connectivity index (χ2v) is 8.12. The minimum Gasteiger partial charge on any atom is -0.469 e. The molecule has 1 aliphatic heterocycles. The van der Waals surface area contributed by atoms with Gasteiger partial charge < -0.3 is 4.74 Å². The molecule has 29 heavy (non-hydrogen) atoms. The molecular weight excluding hydrogens is 372 g/mol. The van der Waals surface area contributed by atoms with Crippen molar-refractivity contribution in [1.82, 2.24) is 4.90 Å². The molecule has 1 heterocycles. The number of halogens is 2. The van der Waals surface area contributed by atoms with Gasteiger partial charge in [0.2, 0.25) is 0 Å². The Morgan fingerprint density at radius 3 is 2.48 bits per heavy atom. The predicted octanol–water partition coefficient (Wildman–Crippen LogP) is 4.62. The van der Waals surface area contributed by atoms with Gasteiger partial charge in [-0.3, -0.25) is 9.69 Å². The molecular formula is C24H27F2NO2. The summed E-state index contributed by atoms with van der Waals surface area (Å²) in [7, 11) is 1.46. The van der Waals surface area contributed by atoms with E-state index in [0.29, 0.717) is 18.9 Å². The first kappa shape index (κ1) is 20.0. The van der Waals surface area contributed by atoms with E-state index in [-0.39, 0.29) is 17.5 Å². The predicted molar refractivity (Wildman–Crippen MR) is 108 cm³/mol. The van der Waals surface area contributed by atoms with Crippen molar-refractivity contribution in [1.29, 1.82) is 0 Å². The van der Waals surface area contributed by atoms with E-state index in [1.165, 1.54) is 36.4 Å². The lowest BCUT2D eigenvalue weighted by Crippen LogP contribution is -2.38. The normalized spacial score (nSPS) is 19.9. The summed E-state index contributed by atoms with van der Waals surface area (Å²) in [5.41, 5.74) is 4.00. The van der Waals surface area contributed by atoms with Crippen LogP contribution in [0.1, 0.15) is 47.6 Å². The minimum atomic E-state index is -0.471. The Morgan fingerprint density at radius 2 is 1.79 bits per heavy atom. The fourth-order valence-electron chi connectivity index (χ4n) is 4.84. The quantitative estimate of drug-likeness (QED) is 0.687.